The highest BCUT2D eigenvalue weighted by atomic mass is 127. The lowest BCUT2D eigenvalue weighted by molar-refractivity contribution is -0.191. The molecule has 25 nitrogen and oxygen atoms in total. The standard InChI is InChI=1S/C18H14Cl2N2O3.C18H18Cl2N2O2.C12H14ClNO3.C11H12ClNO3.C7H7Br.C7H4ClNO.C6H4ClI.C5H9NO3.CO2/c19-12-1-5-14(6-2-12)21-16(23)18(9-10-25-11-18)22(17(21)24)15-7-3-13(20)4-8-15;1-18(10-11-24-12-18)22(16-8-4-14(20)5-9-16)17(23)21-15-6-2-13(19)3-7-15;1-16-11(15)12(6-7-17-8-12)14-10-4-2-9(13)3-5-10;12-8-1-3-9(4-2-8)13-11(10(14)15)5-6-16-7-11;1-6-3-2-4-7(8)5-6;8-6-1-3-7(4-2-6)9-5-10;7-5-1-3-6(8)4-2-5;6-5(4(7)8)1-2-9-3-5;2-1-3/h1-8H,9-11H2;2-9H,10-12H2,1H3,(H,21,23);2-5,14H,6-8H2,1H3;1-4,13H,5-7H2,(H,14,15);2-5H,1H3;1-4H;1-4H;1-3,6H2,(H,7,8);. The molecule has 0 bridgehead atoms. The number of carboxylic acids is 2. The van der Waals surface area contributed by atoms with Gasteiger partial charge in [0.1, 0.15) is 5.54 Å². The highest BCUT2D eigenvalue weighted by Crippen LogP contribution is 2.42. The van der Waals surface area contributed by atoms with Gasteiger partial charge >= 0.3 is 36.1 Å². The van der Waals surface area contributed by atoms with Gasteiger partial charge in [-0.15, -0.1) is 0 Å². The first-order chi connectivity index (χ1) is 57.3. The van der Waals surface area contributed by atoms with E-state index in [-0.39, 0.29) is 43.9 Å². The summed E-state index contributed by atoms with van der Waals surface area (Å²) in [7, 11) is 1.38. The molecule has 5 atom stereocenters. The van der Waals surface area contributed by atoms with Crippen LogP contribution < -0.4 is 36.4 Å². The van der Waals surface area contributed by atoms with Gasteiger partial charge in [0.15, 0.2) is 16.6 Å². The van der Waals surface area contributed by atoms with Crippen molar-refractivity contribution in [2.75, 3.05) is 104 Å². The lowest BCUT2D eigenvalue weighted by atomic mass is 9.96. The molecule has 0 aliphatic carbocycles. The Hall–Kier alpha value is -8.75. The molecular weight excluding hydrogens is 1900 g/mol. The molecule has 6 fully saturated rings. The van der Waals surface area contributed by atoms with Crippen molar-refractivity contribution in [1.29, 1.82) is 0 Å². The number of esters is 1. The summed E-state index contributed by atoms with van der Waals surface area (Å²) in [6.07, 6.45) is 4.38. The molecule has 6 aliphatic heterocycles. The summed E-state index contributed by atoms with van der Waals surface area (Å²) in [5.74, 6) is -2.45. The molecule has 6 aliphatic rings. The summed E-state index contributed by atoms with van der Waals surface area (Å²) in [5, 5.41) is 31.8. The Morgan fingerprint density at radius 2 is 0.933 bits per heavy atom. The number of aliphatic imine (C=N–C) groups is 1. The van der Waals surface area contributed by atoms with Gasteiger partial charge in [0.25, 0.3) is 5.91 Å². The second-order valence-corrected chi connectivity index (χ2v) is 32.8. The number of urea groups is 2. The van der Waals surface area contributed by atoms with Gasteiger partial charge in [0.05, 0.1) is 57.1 Å². The third-order valence-electron chi connectivity index (χ3n) is 18.5. The molecule has 15 rings (SSSR count). The zero-order chi connectivity index (χ0) is 87.6. The second kappa shape index (κ2) is 48.2. The molecule has 6 saturated heterocycles. The maximum atomic E-state index is 13.2. The number of carbonyl (C=O) groups excluding carboxylic acids is 7. The number of aryl methyl sites for hydroxylation is 1. The number of nitrogens with two attached hydrogens (primary N) is 1. The SMILES string of the molecule is CC1(N(C(=O)Nc2ccc(Cl)cc2)c2ccc(Cl)cc2)CCOC1.COC(=O)C1(Nc2ccc(Cl)cc2)CCOC1.Cc1cccc(Br)c1.Clc1ccc(I)cc1.NC1(C(=O)O)CCOC1.O=C(O)C1(Nc2ccc(Cl)cc2)CCOC1.O=C1N(c2ccc(Cl)cc2)C(=O)C2(CCOC2)N1c1ccc(Cl)cc1.O=C=Nc1ccc(Cl)cc1.O=C=O. The number of amides is 5. The molecular formula is C85H82BrCl8IN8O17. The van der Waals surface area contributed by atoms with E-state index in [9.17, 15) is 38.7 Å². The van der Waals surface area contributed by atoms with Gasteiger partial charge in [-0.3, -0.25) is 19.4 Å². The first kappa shape index (κ1) is 98.4. The summed E-state index contributed by atoms with van der Waals surface area (Å²) in [5.41, 5.74) is 7.03. The van der Waals surface area contributed by atoms with Crippen LogP contribution in [-0.4, -0.2) is 159 Å². The van der Waals surface area contributed by atoms with Gasteiger partial charge < -0.3 is 60.3 Å². The van der Waals surface area contributed by atoms with Gasteiger partial charge in [-0.25, -0.2) is 28.9 Å². The largest absolute Gasteiger partial charge is 0.480 e. The zero-order valence-electron chi connectivity index (χ0n) is 64.6. The molecule has 7 N–H and O–H groups in total. The molecule has 6 heterocycles. The number of nitrogens with one attached hydrogen (secondary N) is 3. The van der Waals surface area contributed by atoms with E-state index >= 15 is 0 Å². The summed E-state index contributed by atoms with van der Waals surface area (Å²) in [6, 6.07) is 63.8. The predicted molar refractivity (Wildman–Crippen MR) is 478 cm³/mol. The maximum Gasteiger partial charge on any atom is 0.373 e. The van der Waals surface area contributed by atoms with E-state index in [0.29, 0.717) is 130 Å². The number of carbonyl (C=O) groups is 6. The molecule has 1 spiro atoms. The van der Waals surface area contributed by atoms with E-state index in [1.54, 1.807) is 150 Å². The molecule has 0 saturated carbocycles. The number of hydrogen-bond donors (Lipinski definition) is 6. The van der Waals surface area contributed by atoms with E-state index in [1.165, 1.54) is 32.1 Å². The van der Waals surface area contributed by atoms with Gasteiger partial charge in [-0.2, -0.15) is 14.6 Å². The highest BCUT2D eigenvalue weighted by molar-refractivity contribution is 14.1. The number of imide groups is 1. The van der Waals surface area contributed by atoms with Gasteiger partial charge in [0.2, 0.25) is 6.08 Å². The molecule has 5 unspecified atom stereocenters. The van der Waals surface area contributed by atoms with Crippen molar-refractivity contribution in [2.24, 2.45) is 10.7 Å². The van der Waals surface area contributed by atoms with E-state index < -0.39 is 45.7 Å². The number of carboxylic acid groups (broad SMARTS) is 2. The smallest absolute Gasteiger partial charge is 0.373 e. The zero-order valence-corrected chi connectivity index (χ0v) is 74.3. The molecule has 9 aromatic rings. The number of ether oxygens (including phenoxy) is 6. The van der Waals surface area contributed by atoms with E-state index in [4.69, 9.17) is 142 Å². The molecule has 0 radical (unpaired) electrons. The second-order valence-electron chi connectivity index (χ2n) is 27.2. The number of aliphatic carboxylic acids is 2. The minimum atomic E-state index is -1.11. The number of rotatable bonds is 13. The first-order valence-electron chi connectivity index (χ1n) is 36.3. The van der Waals surface area contributed by atoms with Crippen LogP contribution in [0, 0.1) is 10.5 Å². The number of nitrogens with zero attached hydrogens (tertiary/aromatic N) is 4. The van der Waals surface area contributed by atoms with Gasteiger partial charge in [0, 0.05) is 135 Å². The van der Waals surface area contributed by atoms with Crippen LogP contribution in [0.1, 0.15) is 44.6 Å². The Morgan fingerprint density at radius 1 is 0.525 bits per heavy atom. The normalized spacial score (nSPS) is 20.0. The number of halogens is 10. The van der Waals surface area contributed by atoms with Crippen LogP contribution in [0.15, 0.2) is 228 Å². The summed E-state index contributed by atoms with van der Waals surface area (Å²) < 4.78 is 33.5. The van der Waals surface area contributed by atoms with Crippen molar-refractivity contribution in [3.05, 3.63) is 272 Å². The van der Waals surface area contributed by atoms with Crippen molar-refractivity contribution >= 4 is 219 Å². The molecule has 9 aromatic carbocycles. The van der Waals surface area contributed by atoms with Crippen LogP contribution in [-0.2, 0) is 62.0 Å². The lowest BCUT2D eigenvalue weighted by Crippen LogP contribution is -2.52. The number of isocyanates is 1. The van der Waals surface area contributed by atoms with Crippen LogP contribution in [0.25, 0.3) is 0 Å². The molecule has 0 aromatic heterocycles. The Balaban J connectivity index is 0.000000195. The molecule has 35 heteroatoms. The van der Waals surface area contributed by atoms with Crippen molar-refractivity contribution < 1.29 is 81.8 Å². The molecule has 5 amide bonds. The third kappa shape index (κ3) is 29.2. The topological polar surface area (TPSA) is 334 Å². The average molecular weight is 1980 g/mol. The highest BCUT2D eigenvalue weighted by Gasteiger charge is 2.60. The third-order valence-corrected chi connectivity index (χ3v) is 21.7. The van der Waals surface area contributed by atoms with Crippen LogP contribution in [0.3, 0.4) is 0 Å². The Labute approximate surface area is 755 Å². The minimum absolute atomic E-state index is 0.141. The van der Waals surface area contributed by atoms with Gasteiger partial charge in [-0.05, 0) is 249 Å². The van der Waals surface area contributed by atoms with E-state index in [0.717, 1.165) is 33.0 Å². The van der Waals surface area contributed by atoms with Crippen molar-refractivity contribution in [3.63, 3.8) is 0 Å². The summed E-state index contributed by atoms with van der Waals surface area (Å²) in [6.45, 7) is 7.95. The van der Waals surface area contributed by atoms with E-state index in [1.807, 2.05) is 67.6 Å². The summed E-state index contributed by atoms with van der Waals surface area (Å²) in [4.78, 5) is 107. The Kier molecular flexibility index (Phi) is 39.5. The number of hydrogen-bond acceptors (Lipinski definition) is 19. The average Bonchev–Trinajstić information content (AvgIpc) is 1.56. The molecule has 634 valence electrons. The van der Waals surface area contributed by atoms with Crippen molar-refractivity contribution in [3.8, 4) is 0 Å². The fraction of sp³-hybridized carbons (Fsp3) is 0.271. The van der Waals surface area contributed by atoms with Crippen molar-refractivity contribution in [1.82, 2.24) is 0 Å². The minimum Gasteiger partial charge on any atom is -0.480 e. The number of anilines is 6. The maximum absolute atomic E-state index is 13.2. The quantitative estimate of drug-likeness (QED) is 0.0205. The fourth-order valence-corrected chi connectivity index (χ4v) is 14.0. The summed E-state index contributed by atoms with van der Waals surface area (Å²) >= 11 is 52.1. The number of methoxy groups -OCH3 is 1. The van der Waals surface area contributed by atoms with Crippen LogP contribution in [0.4, 0.5) is 49.4 Å². The van der Waals surface area contributed by atoms with Crippen molar-refractivity contribution in [2.45, 2.75) is 73.6 Å². The Bertz CT molecular complexity index is 4870. The first-order valence-corrected chi connectivity index (χ1v) is 41.2. The van der Waals surface area contributed by atoms with Gasteiger partial charge in [-0.1, -0.05) is 126 Å². The van der Waals surface area contributed by atoms with Crippen LogP contribution in [0.5, 0.6) is 0 Å². The monoisotopic (exact) mass is 1970 g/mol. The van der Waals surface area contributed by atoms with Crippen LogP contribution >= 0.6 is 131 Å². The lowest BCUT2D eigenvalue weighted by Gasteiger charge is -2.37. The van der Waals surface area contributed by atoms with E-state index in [2.05, 4.69) is 78.5 Å². The predicted octanol–water partition coefficient (Wildman–Crippen LogP) is 20.0. The fourth-order valence-electron chi connectivity index (χ4n) is 12.1. The number of benzene rings is 9. The van der Waals surface area contributed by atoms with Crippen LogP contribution in [0.2, 0.25) is 40.2 Å². The Morgan fingerprint density at radius 3 is 1.32 bits per heavy atom. The molecule has 120 heavy (non-hydrogen) atoms.